The zero-order valence-electron chi connectivity index (χ0n) is 10.1. The molecule has 106 valence electrons. The van der Waals surface area contributed by atoms with Gasteiger partial charge in [-0.2, -0.15) is 0 Å². The fourth-order valence-corrected chi connectivity index (χ4v) is 1.68. The minimum Gasteiger partial charge on any atom is -0.394 e. The Morgan fingerprint density at radius 1 is 1.28 bits per heavy atom. The van der Waals surface area contributed by atoms with E-state index in [1.165, 1.54) is 5.01 Å². The van der Waals surface area contributed by atoms with Crippen LogP contribution >= 0.6 is 12.2 Å². The molecular formula is C9H19N3O5S. The van der Waals surface area contributed by atoms with Gasteiger partial charge < -0.3 is 30.5 Å². The molecule has 1 aliphatic heterocycles. The van der Waals surface area contributed by atoms with E-state index < -0.39 is 37.3 Å². The van der Waals surface area contributed by atoms with Crippen LogP contribution < -0.4 is 10.7 Å². The van der Waals surface area contributed by atoms with Crippen molar-refractivity contribution in [3.8, 4) is 0 Å². The lowest BCUT2D eigenvalue weighted by Gasteiger charge is -2.41. The van der Waals surface area contributed by atoms with Crippen molar-refractivity contribution in [2.24, 2.45) is 0 Å². The Labute approximate surface area is 110 Å². The highest BCUT2D eigenvalue weighted by Crippen LogP contribution is 2.19. The van der Waals surface area contributed by atoms with Gasteiger partial charge in [0, 0.05) is 14.1 Å². The third-order valence-corrected chi connectivity index (χ3v) is 3.21. The Bertz CT molecular complexity index is 293. The maximum atomic E-state index is 9.76. The highest BCUT2D eigenvalue weighted by molar-refractivity contribution is 7.80. The second-order valence-corrected chi connectivity index (χ2v) is 4.38. The predicted octanol–water partition coefficient (Wildman–Crippen LogP) is -3.27. The summed E-state index contributed by atoms with van der Waals surface area (Å²) < 4.78 is 5.25. The lowest BCUT2D eigenvalue weighted by Crippen LogP contribution is -2.65. The number of rotatable bonds is 3. The Balaban J connectivity index is 2.67. The number of nitrogens with one attached hydrogen (secondary N) is 2. The molecular weight excluding hydrogens is 262 g/mol. The van der Waals surface area contributed by atoms with Crippen LogP contribution in [0.3, 0.4) is 0 Å². The fraction of sp³-hybridized carbons (Fsp3) is 0.889. The molecule has 1 aliphatic rings. The van der Waals surface area contributed by atoms with Gasteiger partial charge in [-0.05, 0) is 12.2 Å². The molecule has 0 aromatic rings. The molecule has 0 unspecified atom stereocenters. The fourth-order valence-electron chi connectivity index (χ4n) is 1.63. The predicted molar refractivity (Wildman–Crippen MR) is 66.3 cm³/mol. The van der Waals surface area contributed by atoms with Gasteiger partial charge in [0.25, 0.3) is 0 Å². The number of aliphatic hydroxyl groups is 4. The van der Waals surface area contributed by atoms with Crippen LogP contribution in [0.4, 0.5) is 0 Å². The number of hydrazine groups is 1. The number of aliphatic hydroxyl groups excluding tert-OH is 4. The quantitative estimate of drug-likeness (QED) is 0.234. The monoisotopic (exact) mass is 281 g/mol. The number of ether oxygens (including phenoxy) is 1. The molecule has 0 bridgehead atoms. The Morgan fingerprint density at radius 3 is 2.39 bits per heavy atom. The second kappa shape index (κ2) is 6.57. The molecule has 1 heterocycles. The molecule has 1 rings (SSSR count). The van der Waals surface area contributed by atoms with Crippen molar-refractivity contribution >= 4 is 17.3 Å². The first-order chi connectivity index (χ1) is 8.42. The zero-order valence-corrected chi connectivity index (χ0v) is 11.0. The first-order valence-corrected chi connectivity index (χ1v) is 5.85. The molecule has 0 radical (unpaired) electrons. The van der Waals surface area contributed by atoms with Crippen molar-refractivity contribution in [3.63, 3.8) is 0 Å². The largest absolute Gasteiger partial charge is 0.394 e. The van der Waals surface area contributed by atoms with Crippen LogP contribution in [0.5, 0.6) is 0 Å². The first kappa shape index (κ1) is 15.5. The first-order valence-electron chi connectivity index (χ1n) is 5.44. The molecule has 0 spiro atoms. The summed E-state index contributed by atoms with van der Waals surface area (Å²) in [5, 5.41) is 42.4. The van der Waals surface area contributed by atoms with E-state index in [1.807, 2.05) is 0 Å². The van der Waals surface area contributed by atoms with Gasteiger partial charge in [0.05, 0.1) is 6.61 Å². The second-order valence-electron chi connectivity index (χ2n) is 3.99. The van der Waals surface area contributed by atoms with E-state index in [-0.39, 0.29) is 0 Å². The highest BCUT2D eigenvalue weighted by atomic mass is 32.1. The van der Waals surface area contributed by atoms with Gasteiger partial charge in [-0.15, -0.1) is 0 Å². The molecule has 1 fully saturated rings. The van der Waals surface area contributed by atoms with E-state index in [0.717, 1.165) is 0 Å². The van der Waals surface area contributed by atoms with Crippen LogP contribution in [-0.2, 0) is 4.74 Å². The van der Waals surface area contributed by atoms with Crippen LogP contribution in [-0.4, -0.2) is 81.9 Å². The van der Waals surface area contributed by atoms with Crippen LogP contribution in [0.2, 0.25) is 0 Å². The summed E-state index contributed by atoms with van der Waals surface area (Å²) >= 11 is 4.95. The molecule has 0 aromatic heterocycles. The molecule has 0 aliphatic carbocycles. The number of nitrogens with zero attached hydrogens (tertiary/aromatic N) is 1. The minimum atomic E-state index is -1.41. The summed E-state index contributed by atoms with van der Waals surface area (Å²) in [6.45, 7) is -0.469. The van der Waals surface area contributed by atoms with Crippen molar-refractivity contribution in [1.29, 1.82) is 0 Å². The van der Waals surface area contributed by atoms with Crippen LogP contribution in [0.15, 0.2) is 0 Å². The van der Waals surface area contributed by atoms with Crippen LogP contribution in [0, 0.1) is 0 Å². The van der Waals surface area contributed by atoms with E-state index in [2.05, 4.69) is 10.7 Å². The number of hydrogen-bond donors (Lipinski definition) is 6. The zero-order chi connectivity index (χ0) is 13.9. The van der Waals surface area contributed by atoms with E-state index in [4.69, 9.17) is 22.1 Å². The van der Waals surface area contributed by atoms with Crippen molar-refractivity contribution in [2.45, 2.75) is 30.6 Å². The summed E-state index contributed by atoms with van der Waals surface area (Å²) in [7, 11) is 3.23. The third kappa shape index (κ3) is 3.26. The summed E-state index contributed by atoms with van der Waals surface area (Å²) in [5.41, 5.74) is 2.71. The summed E-state index contributed by atoms with van der Waals surface area (Å²) in [4.78, 5) is 0. The topological polar surface area (TPSA) is 117 Å². The SMILES string of the molecule is CNC(=S)N(C)N[C@@H]1O[C@H](CO)[C@H](O)[C@H](O)[C@H]1O. The lowest BCUT2D eigenvalue weighted by atomic mass is 9.99. The van der Waals surface area contributed by atoms with Gasteiger partial charge in [0.15, 0.2) is 11.3 Å². The van der Waals surface area contributed by atoms with E-state index in [0.29, 0.717) is 5.11 Å². The molecule has 0 saturated carbocycles. The molecule has 8 nitrogen and oxygen atoms in total. The van der Waals surface area contributed by atoms with Gasteiger partial charge in [-0.1, -0.05) is 0 Å². The molecule has 5 atom stereocenters. The van der Waals surface area contributed by atoms with Crippen LogP contribution in [0.1, 0.15) is 0 Å². The summed E-state index contributed by atoms with van der Waals surface area (Å²) in [5.74, 6) is 0. The smallest absolute Gasteiger partial charge is 0.183 e. The molecule has 9 heteroatoms. The van der Waals surface area contributed by atoms with E-state index >= 15 is 0 Å². The number of hydrogen-bond acceptors (Lipinski definition) is 7. The third-order valence-electron chi connectivity index (χ3n) is 2.73. The lowest BCUT2D eigenvalue weighted by molar-refractivity contribution is -0.243. The standard InChI is InChI=1S/C9H19N3O5S/c1-10-9(18)12(2)11-8-7(16)6(15)5(14)4(3-13)17-8/h4-8,11,13-16H,3H2,1-2H3,(H,10,18)/t4-,5+,6+,7-,8-/m1/s1. The minimum absolute atomic E-state index is 0.354. The van der Waals surface area contributed by atoms with Gasteiger partial charge in [-0.25, -0.2) is 5.43 Å². The molecule has 1 saturated heterocycles. The van der Waals surface area contributed by atoms with Gasteiger partial charge in [0.2, 0.25) is 0 Å². The molecule has 0 amide bonds. The van der Waals surface area contributed by atoms with E-state index in [1.54, 1.807) is 14.1 Å². The molecule has 0 aromatic carbocycles. The van der Waals surface area contributed by atoms with Gasteiger partial charge >= 0.3 is 0 Å². The number of thiocarbonyl (C=S) groups is 1. The van der Waals surface area contributed by atoms with Crippen molar-refractivity contribution in [1.82, 2.24) is 15.8 Å². The average molecular weight is 281 g/mol. The normalized spacial score (nSPS) is 36.2. The Morgan fingerprint density at radius 2 is 1.89 bits per heavy atom. The summed E-state index contributed by atoms with van der Waals surface area (Å²) in [6.07, 6.45) is -6.06. The maximum absolute atomic E-state index is 9.76. The van der Waals surface area contributed by atoms with Gasteiger partial charge in [-0.3, -0.25) is 5.01 Å². The van der Waals surface area contributed by atoms with Crippen molar-refractivity contribution < 1.29 is 25.2 Å². The van der Waals surface area contributed by atoms with E-state index in [9.17, 15) is 15.3 Å². The van der Waals surface area contributed by atoms with Crippen LogP contribution in [0.25, 0.3) is 0 Å². The highest BCUT2D eigenvalue weighted by Gasteiger charge is 2.43. The van der Waals surface area contributed by atoms with Gasteiger partial charge in [0.1, 0.15) is 24.4 Å². The Hall–Kier alpha value is -0.550. The average Bonchev–Trinajstić information content (AvgIpc) is 2.38. The molecule has 18 heavy (non-hydrogen) atoms. The van der Waals surface area contributed by atoms with Crippen molar-refractivity contribution in [2.75, 3.05) is 20.7 Å². The summed E-state index contributed by atoms with van der Waals surface area (Å²) in [6, 6.07) is 0. The molecule has 6 N–H and O–H groups in total. The maximum Gasteiger partial charge on any atom is 0.183 e. The Kier molecular flexibility index (Phi) is 5.66. The van der Waals surface area contributed by atoms with Crippen molar-refractivity contribution in [3.05, 3.63) is 0 Å².